The molecule has 28 heavy (non-hydrogen) atoms. The van der Waals surface area contributed by atoms with Crippen LogP contribution >= 0.6 is 11.8 Å². The minimum absolute atomic E-state index is 0.0652. The van der Waals surface area contributed by atoms with Gasteiger partial charge >= 0.3 is 11.3 Å². The van der Waals surface area contributed by atoms with Gasteiger partial charge in [-0.25, -0.2) is 9.59 Å². The molecule has 0 aliphatic carbocycles. The molecule has 2 heterocycles. The molecule has 2 aromatic carbocycles. The van der Waals surface area contributed by atoms with E-state index in [0.29, 0.717) is 12.1 Å². The van der Waals surface area contributed by atoms with E-state index in [4.69, 9.17) is 4.42 Å². The van der Waals surface area contributed by atoms with Crippen LogP contribution in [0.15, 0.2) is 62.5 Å². The van der Waals surface area contributed by atoms with Gasteiger partial charge in [0.25, 0.3) is 0 Å². The second-order valence-electron chi connectivity index (χ2n) is 6.78. The molecule has 0 bridgehead atoms. The quantitative estimate of drug-likeness (QED) is 0.374. The molecule has 0 radical (unpaired) electrons. The summed E-state index contributed by atoms with van der Waals surface area (Å²) in [6.07, 6.45) is 1.79. The number of para-hydroxylation sites is 2. The Balaban J connectivity index is 1.41. The monoisotopic (exact) mass is 394 g/mol. The molecule has 2 aromatic heterocycles. The molecular weight excluding hydrogens is 372 g/mol. The van der Waals surface area contributed by atoms with Crippen LogP contribution in [-0.4, -0.2) is 15.3 Å². The van der Waals surface area contributed by atoms with E-state index in [0.717, 1.165) is 51.9 Å². The van der Waals surface area contributed by atoms with Crippen LogP contribution in [0.2, 0.25) is 0 Å². The standard InChI is InChI=1S/C22H22N2O3S/c1-2-15-8-9-17-16(13-21(25)27-20(17)12-15)14-28-11-5-10-24-19-7-4-3-6-18(19)23-22(24)26/h3-4,6-9,12-13H,2,5,10-11,14H2,1H3,(H,23,26). The zero-order valence-electron chi connectivity index (χ0n) is 15.7. The number of nitrogens with zero attached hydrogens (tertiary/aromatic N) is 1. The maximum absolute atomic E-state index is 12.1. The Morgan fingerprint density at radius 1 is 1.11 bits per heavy atom. The molecule has 1 N–H and O–H groups in total. The highest BCUT2D eigenvalue weighted by atomic mass is 32.2. The van der Waals surface area contributed by atoms with Gasteiger partial charge in [0.05, 0.1) is 11.0 Å². The summed E-state index contributed by atoms with van der Waals surface area (Å²) in [6.45, 7) is 2.76. The van der Waals surface area contributed by atoms with Gasteiger partial charge in [-0.15, -0.1) is 0 Å². The third kappa shape index (κ3) is 3.78. The first-order valence-corrected chi connectivity index (χ1v) is 10.6. The van der Waals surface area contributed by atoms with E-state index in [1.54, 1.807) is 22.4 Å². The maximum Gasteiger partial charge on any atom is 0.336 e. The van der Waals surface area contributed by atoms with Crippen LogP contribution in [0.5, 0.6) is 0 Å². The molecule has 0 fully saturated rings. The van der Waals surface area contributed by atoms with Crippen molar-refractivity contribution < 1.29 is 4.42 Å². The third-order valence-electron chi connectivity index (χ3n) is 4.91. The van der Waals surface area contributed by atoms with Crippen molar-refractivity contribution in [2.45, 2.75) is 32.1 Å². The number of H-pyrrole nitrogens is 1. The number of thioether (sulfide) groups is 1. The molecule has 5 nitrogen and oxygen atoms in total. The Labute approximate surface area is 166 Å². The Kier molecular flexibility index (Phi) is 5.39. The topological polar surface area (TPSA) is 68.0 Å². The molecule has 0 aliphatic heterocycles. The predicted molar refractivity (Wildman–Crippen MR) is 115 cm³/mol. The lowest BCUT2D eigenvalue weighted by Crippen LogP contribution is -2.17. The van der Waals surface area contributed by atoms with Gasteiger partial charge in [0, 0.05) is 23.8 Å². The van der Waals surface area contributed by atoms with Crippen molar-refractivity contribution in [3.8, 4) is 0 Å². The zero-order valence-corrected chi connectivity index (χ0v) is 16.6. The molecule has 144 valence electrons. The van der Waals surface area contributed by atoms with Gasteiger partial charge < -0.3 is 9.40 Å². The minimum Gasteiger partial charge on any atom is -0.423 e. The van der Waals surface area contributed by atoms with Crippen LogP contribution in [0.3, 0.4) is 0 Å². The van der Waals surface area contributed by atoms with Crippen molar-refractivity contribution >= 4 is 33.8 Å². The van der Waals surface area contributed by atoms with Crippen LogP contribution in [0.1, 0.15) is 24.5 Å². The zero-order chi connectivity index (χ0) is 19.5. The van der Waals surface area contributed by atoms with Gasteiger partial charge in [0.1, 0.15) is 5.58 Å². The highest BCUT2D eigenvalue weighted by molar-refractivity contribution is 7.98. The Hall–Kier alpha value is -2.73. The van der Waals surface area contributed by atoms with Crippen molar-refractivity contribution in [3.05, 3.63) is 80.6 Å². The summed E-state index contributed by atoms with van der Waals surface area (Å²) in [7, 11) is 0. The van der Waals surface area contributed by atoms with Gasteiger partial charge in [-0.05, 0) is 47.9 Å². The highest BCUT2D eigenvalue weighted by Gasteiger charge is 2.08. The number of aromatic amines is 1. The van der Waals surface area contributed by atoms with Gasteiger partial charge in [0.2, 0.25) is 0 Å². The smallest absolute Gasteiger partial charge is 0.336 e. The van der Waals surface area contributed by atoms with Crippen LogP contribution < -0.4 is 11.3 Å². The molecule has 0 amide bonds. The molecule has 0 aliphatic rings. The van der Waals surface area contributed by atoms with E-state index < -0.39 is 0 Å². The number of imidazole rings is 1. The Morgan fingerprint density at radius 3 is 2.82 bits per heavy atom. The number of nitrogens with one attached hydrogen (secondary N) is 1. The fourth-order valence-electron chi connectivity index (χ4n) is 3.45. The van der Waals surface area contributed by atoms with E-state index in [1.165, 1.54) is 0 Å². The predicted octanol–water partition coefficient (Wildman–Crippen LogP) is 4.32. The molecule has 0 spiro atoms. The first kappa shape index (κ1) is 18.6. The summed E-state index contributed by atoms with van der Waals surface area (Å²) in [5.41, 5.74) is 4.26. The average Bonchev–Trinajstić information content (AvgIpc) is 3.02. The average molecular weight is 394 g/mol. The summed E-state index contributed by atoms with van der Waals surface area (Å²) >= 11 is 1.77. The summed E-state index contributed by atoms with van der Waals surface area (Å²) in [4.78, 5) is 26.9. The van der Waals surface area contributed by atoms with Gasteiger partial charge in [-0.3, -0.25) is 4.57 Å². The SMILES string of the molecule is CCc1ccc2c(CSCCCn3c(=O)[nH]c4ccccc43)cc(=O)oc2c1. The molecular formula is C22H22N2O3S. The molecule has 0 saturated carbocycles. The fourth-order valence-corrected chi connectivity index (χ4v) is 4.39. The van der Waals surface area contributed by atoms with Crippen molar-refractivity contribution in [2.24, 2.45) is 0 Å². The summed E-state index contributed by atoms with van der Waals surface area (Å²) in [5.74, 6) is 1.65. The normalized spacial score (nSPS) is 11.5. The van der Waals surface area contributed by atoms with Gasteiger partial charge in [-0.1, -0.05) is 31.2 Å². The van der Waals surface area contributed by atoms with E-state index in [9.17, 15) is 9.59 Å². The minimum atomic E-state index is -0.304. The van der Waals surface area contributed by atoms with E-state index in [-0.39, 0.29) is 11.3 Å². The van der Waals surface area contributed by atoms with Crippen LogP contribution in [0.4, 0.5) is 0 Å². The highest BCUT2D eigenvalue weighted by Crippen LogP contribution is 2.23. The largest absolute Gasteiger partial charge is 0.423 e. The molecule has 4 aromatic rings. The van der Waals surface area contributed by atoms with E-state index >= 15 is 0 Å². The van der Waals surface area contributed by atoms with Gasteiger partial charge in [-0.2, -0.15) is 11.8 Å². The Bertz CT molecular complexity index is 1240. The molecule has 6 heteroatoms. The first-order valence-electron chi connectivity index (χ1n) is 9.46. The number of hydrogen-bond donors (Lipinski definition) is 1. The summed E-state index contributed by atoms with van der Waals surface area (Å²) < 4.78 is 7.16. The second kappa shape index (κ2) is 8.10. The lowest BCUT2D eigenvalue weighted by Gasteiger charge is -2.07. The number of rotatable bonds is 7. The van der Waals surface area contributed by atoms with E-state index in [1.807, 2.05) is 36.4 Å². The lowest BCUT2D eigenvalue weighted by atomic mass is 10.1. The number of fused-ring (bicyclic) bond motifs is 2. The second-order valence-corrected chi connectivity index (χ2v) is 7.88. The number of hydrogen-bond acceptors (Lipinski definition) is 4. The van der Waals surface area contributed by atoms with Crippen molar-refractivity contribution in [3.63, 3.8) is 0 Å². The van der Waals surface area contributed by atoms with Crippen LogP contribution in [0, 0.1) is 0 Å². The van der Waals surface area contributed by atoms with Crippen molar-refractivity contribution in [1.82, 2.24) is 9.55 Å². The Morgan fingerprint density at radius 2 is 1.96 bits per heavy atom. The lowest BCUT2D eigenvalue weighted by molar-refractivity contribution is 0.559. The first-order chi connectivity index (χ1) is 13.7. The van der Waals surface area contributed by atoms with Crippen LogP contribution in [-0.2, 0) is 18.7 Å². The van der Waals surface area contributed by atoms with Crippen molar-refractivity contribution in [1.29, 1.82) is 0 Å². The number of benzene rings is 2. The molecule has 0 unspecified atom stereocenters. The van der Waals surface area contributed by atoms with Crippen molar-refractivity contribution in [2.75, 3.05) is 5.75 Å². The van der Waals surface area contributed by atoms with E-state index in [2.05, 4.69) is 18.0 Å². The number of aromatic nitrogens is 2. The summed E-state index contributed by atoms with van der Waals surface area (Å²) in [6, 6.07) is 15.4. The van der Waals surface area contributed by atoms with Gasteiger partial charge in [0.15, 0.2) is 0 Å². The third-order valence-corrected chi connectivity index (χ3v) is 6.00. The molecule has 0 atom stereocenters. The van der Waals surface area contributed by atoms with Crippen LogP contribution in [0.25, 0.3) is 22.0 Å². The molecule has 0 saturated heterocycles. The number of aryl methyl sites for hydroxylation is 2. The maximum atomic E-state index is 12.1. The summed E-state index contributed by atoms with van der Waals surface area (Å²) in [5, 5.41) is 0.997. The molecule has 4 rings (SSSR count). The fraction of sp³-hybridized carbons (Fsp3) is 0.273.